The lowest BCUT2D eigenvalue weighted by molar-refractivity contribution is -0.123. The van der Waals surface area contributed by atoms with Crippen LogP contribution in [-0.2, 0) is 14.3 Å². The van der Waals surface area contributed by atoms with Gasteiger partial charge in [-0.15, -0.1) is 23.1 Å². The van der Waals surface area contributed by atoms with Crippen LogP contribution in [0.5, 0.6) is 0 Å². The number of carbonyl (C=O) groups excluding carboxylic acids is 3. The fraction of sp³-hybridized carbons (Fsp3) is 0.379. The lowest BCUT2D eigenvalue weighted by Gasteiger charge is -2.43. The lowest BCUT2D eigenvalue weighted by Crippen LogP contribution is -2.42. The number of rotatable bonds is 4. The Kier molecular flexibility index (Phi) is 5.69. The minimum Gasteiger partial charge on any atom is -0.462 e. The molecule has 7 rings (SSSR count). The molecule has 2 aliphatic carbocycles. The Morgan fingerprint density at radius 2 is 1.79 bits per heavy atom. The number of nitrogens with one attached hydrogen (secondary N) is 1. The molecule has 3 aromatic rings. The molecule has 7 unspecified atom stereocenters. The number of H-pyrrole nitrogens is 1. The predicted octanol–water partition coefficient (Wildman–Crippen LogP) is 5.97. The highest BCUT2D eigenvalue weighted by molar-refractivity contribution is 8.00. The van der Waals surface area contributed by atoms with E-state index in [1.807, 2.05) is 11.8 Å². The largest absolute Gasteiger partial charge is 0.462 e. The predicted molar refractivity (Wildman–Crippen MR) is 149 cm³/mol. The molecular formula is C29H26N2O4S3. The van der Waals surface area contributed by atoms with Crippen LogP contribution < -0.4 is 4.90 Å². The number of thiazole rings is 1. The van der Waals surface area contributed by atoms with Gasteiger partial charge in [0.2, 0.25) is 11.8 Å². The molecule has 1 aromatic heterocycles. The third kappa shape index (κ3) is 3.37. The van der Waals surface area contributed by atoms with Crippen LogP contribution >= 0.6 is 35.3 Å². The first kappa shape index (κ1) is 24.3. The highest BCUT2D eigenvalue weighted by atomic mass is 32.2. The molecule has 2 amide bonds. The summed E-state index contributed by atoms with van der Waals surface area (Å²) in [5, 5.41) is 1.38. The number of hydrogen-bond acceptors (Lipinski definition) is 7. The number of hydrogen-bond donors (Lipinski definition) is 1. The summed E-state index contributed by atoms with van der Waals surface area (Å²) in [6.45, 7) is 4.20. The molecule has 2 saturated carbocycles. The molecule has 0 spiro atoms. The molecule has 2 aliphatic heterocycles. The molecule has 194 valence electrons. The number of carbonyl (C=O) groups is 3. The number of amides is 2. The number of ether oxygens (including phenoxy) is 1. The Morgan fingerprint density at radius 1 is 1.08 bits per heavy atom. The molecule has 4 aliphatic rings. The minimum absolute atomic E-state index is 0.101. The molecule has 7 atom stereocenters. The average Bonchev–Trinajstić information content (AvgIpc) is 3.64. The first-order valence-corrected chi connectivity index (χ1v) is 15.1. The zero-order valence-electron chi connectivity index (χ0n) is 20.9. The van der Waals surface area contributed by atoms with E-state index in [1.165, 1.54) is 20.9 Å². The second-order valence-corrected chi connectivity index (χ2v) is 13.5. The van der Waals surface area contributed by atoms with Crippen LogP contribution in [0.3, 0.4) is 0 Å². The monoisotopic (exact) mass is 562 g/mol. The molecule has 6 nitrogen and oxygen atoms in total. The van der Waals surface area contributed by atoms with Gasteiger partial charge >= 0.3 is 5.97 Å². The van der Waals surface area contributed by atoms with Crippen molar-refractivity contribution in [1.29, 1.82) is 0 Å². The van der Waals surface area contributed by atoms with E-state index >= 15 is 0 Å². The molecule has 3 fully saturated rings. The summed E-state index contributed by atoms with van der Waals surface area (Å²) < 4.78 is 5.85. The zero-order valence-corrected chi connectivity index (χ0v) is 23.3. The van der Waals surface area contributed by atoms with Crippen molar-refractivity contribution in [2.24, 2.45) is 29.6 Å². The number of aromatic amines is 1. The van der Waals surface area contributed by atoms with Crippen molar-refractivity contribution >= 4 is 58.8 Å². The van der Waals surface area contributed by atoms with Gasteiger partial charge in [-0.3, -0.25) is 14.5 Å². The van der Waals surface area contributed by atoms with Gasteiger partial charge in [-0.1, -0.05) is 24.3 Å². The number of anilines is 1. The third-order valence-electron chi connectivity index (χ3n) is 8.88. The van der Waals surface area contributed by atoms with Crippen LogP contribution in [0, 0.1) is 40.5 Å². The summed E-state index contributed by atoms with van der Waals surface area (Å²) in [7, 11) is 0. The van der Waals surface area contributed by atoms with Crippen LogP contribution in [-0.4, -0.2) is 34.6 Å². The van der Waals surface area contributed by atoms with E-state index in [1.54, 1.807) is 42.5 Å². The summed E-state index contributed by atoms with van der Waals surface area (Å²) in [6, 6.07) is 15.1. The summed E-state index contributed by atoms with van der Waals surface area (Å²) >= 11 is 9.03. The zero-order chi connectivity index (χ0) is 26.3. The van der Waals surface area contributed by atoms with Gasteiger partial charge in [0.25, 0.3) is 0 Å². The Bertz CT molecular complexity index is 1540. The van der Waals surface area contributed by atoms with Crippen LogP contribution in [0.2, 0.25) is 0 Å². The van der Waals surface area contributed by atoms with Crippen LogP contribution in [0.1, 0.15) is 45.6 Å². The van der Waals surface area contributed by atoms with Gasteiger partial charge in [-0.25, -0.2) is 4.79 Å². The van der Waals surface area contributed by atoms with Gasteiger partial charge in [0.05, 0.1) is 34.7 Å². The fourth-order valence-electron chi connectivity index (χ4n) is 7.52. The SMILES string of the molecule is CCOC(=O)c1ccc(N2C(=O)C3C4CC(C3C2=O)C2C(c3ccccc3C)c3sc(=S)[nH]c3SC42)cc1. The Hall–Kier alpha value is -2.75. The van der Waals surface area contributed by atoms with Crippen molar-refractivity contribution in [2.45, 2.75) is 36.5 Å². The molecule has 9 heteroatoms. The highest BCUT2D eigenvalue weighted by Gasteiger charge is 2.69. The summed E-state index contributed by atoms with van der Waals surface area (Å²) in [4.78, 5) is 45.9. The number of benzene rings is 2. The normalized spacial score (nSPS) is 30.8. The van der Waals surface area contributed by atoms with Crippen molar-refractivity contribution < 1.29 is 19.1 Å². The smallest absolute Gasteiger partial charge is 0.338 e. The quantitative estimate of drug-likeness (QED) is 0.240. The van der Waals surface area contributed by atoms with E-state index < -0.39 is 5.97 Å². The van der Waals surface area contributed by atoms with Crippen LogP contribution in [0.25, 0.3) is 0 Å². The Balaban J connectivity index is 1.26. The Morgan fingerprint density at radius 3 is 2.50 bits per heavy atom. The lowest BCUT2D eigenvalue weighted by atomic mass is 9.67. The van der Waals surface area contributed by atoms with E-state index in [9.17, 15) is 14.4 Å². The first-order chi connectivity index (χ1) is 18.4. The van der Waals surface area contributed by atoms with E-state index in [0.717, 1.165) is 15.4 Å². The number of fused-ring (bicyclic) bond motifs is 9. The number of esters is 1. The highest BCUT2D eigenvalue weighted by Crippen LogP contribution is 2.69. The Labute approximate surface area is 233 Å². The summed E-state index contributed by atoms with van der Waals surface area (Å²) in [5.41, 5.74) is 3.46. The second-order valence-electron chi connectivity index (χ2n) is 10.6. The second kappa shape index (κ2) is 8.89. The van der Waals surface area contributed by atoms with E-state index in [-0.39, 0.29) is 59.2 Å². The maximum atomic E-state index is 13.9. The van der Waals surface area contributed by atoms with E-state index in [0.29, 0.717) is 11.3 Å². The summed E-state index contributed by atoms with van der Waals surface area (Å²) in [5.74, 6) is -0.522. The van der Waals surface area contributed by atoms with E-state index in [2.05, 4.69) is 36.2 Å². The van der Waals surface area contributed by atoms with Gasteiger partial charge in [0.1, 0.15) is 0 Å². The maximum Gasteiger partial charge on any atom is 0.338 e. The number of aromatic nitrogens is 1. The topological polar surface area (TPSA) is 79.5 Å². The summed E-state index contributed by atoms with van der Waals surface area (Å²) in [6.07, 6.45) is 0.906. The number of nitrogens with zero attached hydrogens (tertiary/aromatic N) is 1. The average molecular weight is 563 g/mol. The van der Waals surface area contributed by atoms with Gasteiger partial charge < -0.3 is 9.72 Å². The molecule has 2 aromatic carbocycles. The number of thioether (sulfide) groups is 1. The van der Waals surface area contributed by atoms with Gasteiger partial charge in [-0.2, -0.15) is 0 Å². The van der Waals surface area contributed by atoms with Gasteiger partial charge in [-0.05, 0) is 85.6 Å². The van der Waals surface area contributed by atoms with Crippen LogP contribution in [0.15, 0.2) is 53.6 Å². The van der Waals surface area contributed by atoms with Gasteiger partial charge in [0, 0.05) is 16.0 Å². The van der Waals surface area contributed by atoms with Crippen molar-refractivity contribution in [3.63, 3.8) is 0 Å². The van der Waals surface area contributed by atoms with E-state index in [4.69, 9.17) is 17.0 Å². The maximum absolute atomic E-state index is 13.9. The molecule has 38 heavy (non-hydrogen) atoms. The molecule has 0 radical (unpaired) electrons. The van der Waals surface area contributed by atoms with Crippen molar-refractivity contribution in [2.75, 3.05) is 11.5 Å². The third-order valence-corrected chi connectivity index (χ3v) is 11.8. The van der Waals surface area contributed by atoms with Gasteiger partial charge in [0.15, 0.2) is 3.95 Å². The van der Waals surface area contributed by atoms with Crippen molar-refractivity contribution in [3.8, 4) is 0 Å². The first-order valence-electron chi connectivity index (χ1n) is 13.0. The molecule has 1 saturated heterocycles. The van der Waals surface area contributed by atoms with Crippen molar-refractivity contribution in [3.05, 3.63) is 74.1 Å². The number of aryl methyl sites for hydroxylation is 1. The van der Waals surface area contributed by atoms with Crippen LogP contribution in [0.4, 0.5) is 5.69 Å². The number of imide groups is 1. The van der Waals surface area contributed by atoms with Crippen molar-refractivity contribution in [1.82, 2.24) is 4.98 Å². The molecular weight excluding hydrogens is 537 g/mol. The molecule has 1 N–H and O–H groups in total. The standard InChI is InChI=1S/C29H26N2O4S3/c1-3-35-28(34)14-8-10-15(11-9-14)31-26(32)21-17-12-18(22(21)27(31)33)23-20(17)19(16-7-5-4-6-13(16)2)24-25(37-23)30-29(36)38-24/h4-11,17-23H,3,12H2,1-2H3,(H,30,36). The fourth-order valence-corrected chi connectivity index (χ4v) is 10.8. The minimum atomic E-state index is -0.414. The molecule has 3 heterocycles. The molecule has 2 bridgehead atoms.